The van der Waals surface area contributed by atoms with Crippen molar-refractivity contribution < 1.29 is 8.42 Å². The molecule has 0 aliphatic carbocycles. The Morgan fingerprint density at radius 3 is 2.06 bits per heavy atom. The van der Waals surface area contributed by atoms with E-state index in [0.29, 0.717) is 0 Å². The largest absolute Gasteiger partial charge is 0.323 e. The second-order valence-corrected chi connectivity index (χ2v) is 6.65. The Labute approximate surface area is 101 Å². The van der Waals surface area contributed by atoms with Gasteiger partial charge in [0.05, 0.1) is 11.5 Å². The van der Waals surface area contributed by atoms with Crippen LogP contribution in [0.1, 0.15) is 16.7 Å². The number of nitrogens with zero attached hydrogens (tertiary/aromatic N) is 1. The second-order valence-electron chi connectivity index (χ2n) is 4.58. The minimum absolute atomic E-state index is 0.182. The van der Waals surface area contributed by atoms with Crippen LogP contribution in [0.3, 0.4) is 0 Å². The molecule has 1 aliphatic rings. The van der Waals surface area contributed by atoms with E-state index in [4.69, 9.17) is 0 Å². The molecule has 0 radical (unpaired) electrons. The third-order valence-corrected chi connectivity index (χ3v) is 4.59. The van der Waals surface area contributed by atoms with Crippen LogP contribution in [0.4, 0.5) is 0 Å². The maximum Gasteiger partial charge on any atom is 0.158 e. The van der Waals surface area contributed by atoms with Crippen molar-refractivity contribution in [3.63, 3.8) is 0 Å². The summed E-state index contributed by atoms with van der Waals surface area (Å²) in [6.07, 6.45) is 3.84. The summed E-state index contributed by atoms with van der Waals surface area (Å²) in [5, 5.41) is 0. The third-order valence-electron chi connectivity index (χ3n) is 3.09. The molecule has 1 aromatic heterocycles. The average Bonchev–Trinajstić information content (AvgIpc) is 2.72. The smallest absolute Gasteiger partial charge is 0.158 e. The Morgan fingerprint density at radius 1 is 1.00 bits per heavy atom. The van der Waals surface area contributed by atoms with Crippen LogP contribution in [0.2, 0.25) is 0 Å². The molecule has 0 spiro atoms. The maximum absolute atomic E-state index is 11.4. The summed E-state index contributed by atoms with van der Waals surface area (Å²) in [5.41, 5.74) is 4.16. The summed E-state index contributed by atoms with van der Waals surface area (Å²) < 4.78 is 24.9. The van der Waals surface area contributed by atoms with E-state index >= 15 is 0 Å². The number of aryl methyl sites for hydroxylation is 1. The highest BCUT2D eigenvalue weighted by atomic mass is 32.2. The Hall–Kier alpha value is -1.55. The van der Waals surface area contributed by atoms with Crippen molar-refractivity contribution in [1.29, 1.82) is 0 Å². The van der Waals surface area contributed by atoms with Crippen LogP contribution in [0, 0.1) is 6.92 Å². The molecule has 17 heavy (non-hydrogen) atoms. The van der Waals surface area contributed by atoms with E-state index in [-0.39, 0.29) is 11.5 Å². The van der Waals surface area contributed by atoms with Gasteiger partial charge in [0, 0.05) is 18.1 Å². The van der Waals surface area contributed by atoms with Gasteiger partial charge in [-0.15, -0.1) is 0 Å². The summed E-state index contributed by atoms with van der Waals surface area (Å²) in [5.74, 6) is 0.363. The average molecular weight is 247 g/mol. The number of rotatable bonds is 1. The van der Waals surface area contributed by atoms with Crippen molar-refractivity contribution in [2.45, 2.75) is 18.4 Å². The summed E-state index contributed by atoms with van der Waals surface area (Å²) in [4.78, 5) is 0. The van der Waals surface area contributed by atoms with Crippen molar-refractivity contribution in [3.05, 3.63) is 53.3 Å². The van der Waals surface area contributed by atoms with E-state index < -0.39 is 9.84 Å². The Morgan fingerprint density at radius 2 is 1.53 bits per heavy atom. The fraction of sp³-hybridized carbons (Fsp3) is 0.231. The molecule has 1 aromatic carbocycles. The SMILES string of the molecule is Cc1ccc(-n2cc3c(c2)CS(=O)(=O)C3)cc1. The second kappa shape index (κ2) is 3.47. The molecule has 1 aliphatic heterocycles. The van der Waals surface area contributed by atoms with Gasteiger partial charge in [0.2, 0.25) is 0 Å². The molecule has 3 rings (SSSR count). The zero-order valence-corrected chi connectivity index (χ0v) is 10.4. The van der Waals surface area contributed by atoms with Gasteiger partial charge in [0.15, 0.2) is 9.84 Å². The molecule has 3 nitrogen and oxygen atoms in total. The van der Waals surface area contributed by atoms with E-state index in [9.17, 15) is 8.42 Å². The van der Waals surface area contributed by atoms with Crippen LogP contribution < -0.4 is 0 Å². The first-order valence-electron chi connectivity index (χ1n) is 5.51. The minimum atomic E-state index is -2.88. The highest BCUT2D eigenvalue weighted by Crippen LogP contribution is 2.27. The van der Waals surface area contributed by atoms with E-state index in [0.717, 1.165) is 16.8 Å². The standard InChI is InChI=1S/C13H13NO2S/c1-10-2-4-13(5-3-10)14-6-11-8-17(15,16)9-12(11)7-14/h2-7H,8-9H2,1H3. The molecule has 0 bridgehead atoms. The zero-order valence-electron chi connectivity index (χ0n) is 9.55. The molecule has 0 fully saturated rings. The molecule has 0 saturated carbocycles. The van der Waals surface area contributed by atoms with Crippen molar-refractivity contribution >= 4 is 9.84 Å². The van der Waals surface area contributed by atoms with E-state index in [1.54, 1.807) is 0 Å². The molecule has 2 heterocycles. The maximum atomic E-state index is 11.4. The van der Waals surface area contributed by atoms with Gasteiger partial charge in [-0.3, -0.25) is 0 Å². The van der Waals surface area contributed by atoms with Crippen molar-refractivity contribution in [2.75, 3.05) is 0 Å². The number of benzene rings is 1. The van der Waals surface area contributed by atoms with Gasteiger partial charge < -0.3 is 4.57 Å². The lowest BCUT2D eigenvalue weighted by atomic mass is 10.2. The summed E-state index contributed by atoms with van der Waals surface area (Å²) in [6, 6.07) is 8.19. The molecular weight excluding hydrogens is 234 g/mol. The minimum Gasteiger partial charge on any atom is -0.323 e. The van der Waals surface area contributed by atoms with E-state index in [1.807, 2.05) is 36.0 Å². The van der Waals surface area contributed by atoms with Gasteiger partial charge in [-0.25, -0.2) is 8.42 Å². The lowest BCUT2D eigenvalue weighted by Gasteiger charge is -2.03. The van der Waals surface area contributed by atoms with Crippen LogP contribution >= 0.6 is 0 Å². The first-order chi connectivity index (χ1) is 8.03. The summed E-state index contributed by atoms with van der Waals surface area (Å²) >= 11 is 0. The predicted octanol–water partition coefficient (Wildman–Crippen LogP) is 2.21. The van der Waals surface area contributed by atoms with Crippen molar-refractivity contribution in [3.8, 4) is 5.69 Å². The monoisotopic (exact) mass is 247 g/mol. The van der Waals surface area contributed by atoms with Crippen LogP contribution in [0.25, 0.3) is 5.69 Å². The normalized spacial score (nSPS) is 17.0. The fourth-order valence-corrected chi connectivity index (χ4v) is 3.76. The van der Waals surface area contributed by atoms with Gasteiger partial charge in [-0.2, -0.15) is 0 Å². The molecule has 4 heteroatoms. The number of fused-ring (bicyclic) bond motifs is 1. The van der Waals surface area contributed by atoms with Crippen LogP contribution in [-0.2, 0) is 21.3 Å². The van der Waals surface area contributed by atoms with E-state index in [1.165, 1.54) is 5.56 Å². The fourth-order valence-electron chi connectivity index (χ4n) is 2.19. The highest BCUT2D eigenvalue weighted by Gasteiger charge is 2.26. The van der Waals surface area contributed by atoms with Crippen LogP contribution in [0.15, 0.2) is 36.7 Å². The van der Waals surface area contributed by atoms with E-state index in [2.05, 4.69) is 12.1 Å². The molecular formula is C13H13NO2S. The van der Waals surface area contributed by atoms with Gasteiger partial charge in [-0.1, -0.05) is 17.7 Å². The highest BCUT2D eigenvalue weighted by molar-refractivity contribution is 7.90. The first-order valence-corrected chi connectivity index (χ1v) is 7.33. The number of hydrogen-bond donors (Lipinski definition) is 0. The quantitative estimate of drug-likeness (QED) is 0.775. The van der Waals surface area contributed by atoms with Gasteiger partial charge in [-0.05, 0) is 30.2 Å². The number of aromatic nitrogens is 1. The number of hydrogen-bond acceptors (Lipinski definition) is 2. The number of sulfone groups is 1. The molecule has 0 unspecified atom stereocenters. The Balaban J connectivity index is 2.01. The van der Waals surface area contributed by atoms with Crippen molar-refractivity contribution in [1.82, 2.24) is 4.57 Å². The molecule has 2 aromatic rings. The summed E-state index contributed by atoms with van der Waals surface area (Å²) in [7, 11) is -2.88. The topological polar surface area (TPSA) is 39.1 Å². The first kappa shape index (κ1) is 10.6. The Kier molecular flexibility index (Phi) is 2.16. The molecule has 0 saturated heterocycles. The van der Waals surface area contributed by atoms with Crippen molar-refractivity contribution in [2.24, 2.45) is 0 Å². The molecule has 88 valence electrons. The zero-order chi connectivity index (χ0) is 12.0. The lowest BCUT2D eigenvalue weighted by molar-refractivity contribution is 0.597. The lowest BCUT2D eigenvalue weighted by Crippen LogP contribution is -1.98. The third kappa shape index (κ3) is 1.89. The summed E-state index contributed by atoms with van der Waals surface area (Å²) in [6.45, 7) is 2.05. The molecule has 0 amide bonds. The Bertz CT molecular complexity index is 636. The van der Waals surface area contributed by atoms with Gasteiger partial charge in [0.1, 0.15) is 0 Å². The predicted molar refractivity (Wildman–Crippen MR) is 66.8 cm³/mol. The van der Waals surface area contributed by atoms with Crippen LogP contribution in [-0.4, -0.2) is 13.0 Å². The molecule has 0 N–H and O–H groups in total. The van der Waals surface area contributed by atoms with Crippen LogP contribution in [0.5, 0.6) is 0 Å². The van der Waals surface area contributed by atoms with Gasteiger partial charge >= 0.3 is 0 Å². The molecule has 0 atom stereocenters. The van der Waals surface area contributed by atoms with Gasteiger partial charge in [0.25, 0.3) is 0 Å².